The van der Waals surface area contributed by atoms with Gasteiger partial charge in [0.2, 0.25) is 0 Å². The maximum absolute atomic E-state index is 7.80. The topological polar surface area (TPSA) is 30.7 Å². The highest BCUT2D eigenvalue weighted by molar-refractivity contribution is 5.55. The number of hydrogen-bond acceptors (Lipinski definition) is 2. The van der Waals surface area contributed by atoms with Crippen molar-refractivity contribution >= 4 is 0 Å². The van der Waals surface area contributed by atoms with E-state index in [2.05, 4.69) is 9.97 Å². The van der Waals surface area contributed by atoms with Crippen molar-refractivity contribution in [3.05, 3.63) is 71.3 Å². The lowest BCUT2D eigenvalue weighted by Gasteiger charge is -2.12. The largest absolute Gasteiger partial charge is 0.324 e. The lowest BCUT2D eigenvalue weighted by molar-refractivity contribution is 0.774. The predicted molar refractivity (Wildman–Crippen MR) is 85.2 cm³/mol. The average Bonchev–Trinajstić information content (AvgIpc) is 2.94. The van der Waals surface area contributed by atoms with E-state index < -0.39 is 6.85 Å². The zero-order chi connectivity index (χ0) is 17.3. The number of imidazole rings is 1. The molecule has 0 saturated carbocycles. The molecule has 0 radical (unpaired) electrons. The summed E-state index contributed by atoms with van der Waals surface area (Å²) in [6.07, 6.45) is 3.18. The minimum absolute atomic E-state index is 0.237. The fourth-order valence-corrected chi connectivity index (χ4v) is 2.32. The van der Waals surface area contributed by atoms with E-state index in [0.29, 0.717) is 12.4 Å². The molecule has 0 bridgehead atoms. The fraction of sp³-hybridized carbons (Fsp3) is 0.222. The number of hydrogen-bond donors (Lipinski definition) is 0. The summed E-state index contributed by atoms with van der Waals surface area (Å²) in [5, 5.41) is 0. The lowest BCUT2D eigenvalue weighted by Crippen LogP contribution is -2.05. The Labute approximate surface area is 129 Å². The summed E-state index contributed by atoms with van der Waals surface area (Å²) >= 11 is 0. The Morgan fingerprint density at radius 2 is 1.90 bits per heavy atom. The molecule has 0 aliphatic heterocycles. The van der Waals surface area contributed by atoms with Crippen molar-refractivity contribution < 1.29 is 4.11 Å². The molecule has 0 atom stereocenters. The molecule has 3 nitrogen and oxygen atoms in total. The van der Waals surface area contributed by atoms with Gasteiger partial charge in [0.05, 0.1) is 0 Å². The summed E-state index contributed by atoms with van der Waals surface area (Å²) in [5.74, 6) is 0.622. The monoisotopic (exact) mass is 280 g/mol. The predicted octanol–water partition coefficient (Wildman–Crippen LogP) is 3.92. The molecule has 2 heterocycles. The number of nitrogens with zero attached hydrogens (tertiary/aromatic N) is 3. The van der Waals surface area contributed by atoms with Crippen LogP contribution in [-0.4, -0.2) is 14.5 Å². The second-order valence-corrected chi connectivity index (χ2v) is 5.17. The highest BCUT2D eigenvalue weighted by Crippen LogP contribution is 2.21. The Hall–Kier alpha value is -2.42. The normalized spacial score (nSPS) is 13.5. The summed E-state index contributed by atoms with van der Waals surface area (Å²) in [5.41, 5.74) is 4.15. The Kier molecular flexibility index (Phi) is 2.72. The number of rotatable bonds is 3. The van der Waals surface area contributed by atoms with Crippen molar-refractivity contribution in [2.45, 2.75) is 27.2 Å². The van der Waals surface area contributed by atoms with E-state index in [1.807, 2.05) is 50.2 Å². The Balaban J connectivity index is 2.12. The third-order valence-electron chi connectivity index (χ3n) is 3.61. The quantitative estimate of drug-likeness (QED) is 0.728. The van der Waals surface area contributed by atoms with Gasteiger partial charge in [-0.1, -0.05) is 24.3 Å². The molecule has 0 unspecified atom stereocenters. The molecule has 106 valence electrons. The Bertz CT molecular complexity index is 849. The van der Waals surface area contributed by atoms with Crippen molar-refractivity contribution in [3.8, 4) is 11.4 Å². The number of benzene rings is 1. The van der Waals surface area contributed by atoms with E-state index in [1.165, 1.54) is 6.20 Å². The van der Waals surface area contributed by atoms with Gasteiger partial charge in [0, 0.05) is 40.0 Å². The maximum atomic E-state index is 7.80. The molecule has 3 rings (SSSR count). The van der Waals surface area contributed by atoms with Gasteiger partial charge in [-0.2, -0.15) is 0 Å². The fourth-order valence-electron chi connectivity index (χ4n) is 2.32. The Morgan fingerprint density at radius 1 is 1.05 bits per heavy atom. The zero-order valence-electron chi connectivity index (χ0n) is 15.2. The summed E-state index contributed by atoms with van der Waals surface area (Å²) in [6, 6.07) is 11.8. The lowest BCUT2D eigenvalue weighted by atomic mass is 10.1. The molecule has 1 aromatic carbocycles. The van der Waals surface area contributed by atoms with Crippen LogP contribution >= 0.6 is 0 Å². The molecule has 0 aliphatic carbocycles. The number of pyridine rings is 1. The van der Waals surface area contributed by atoms with Crippen LogP contribution in [0.4, 0.5) is 0 Å². The van der Waals surface area contributed by atoms with E-state index >= 15 is 0 Å². The minimum atomic E-state index is -2.22. The smallest absolute Gasteiger partial charge is 0.141 e. The molecule has 0 amide bonds. The van der Waals surface area contributed by atoms with Gasteiger partial charge in [-0.15, -0.1) is 0 Å². The van der Waals surface area contributed by atoms with E-state index in [0.717, 1.165) is 22.4 Å². The van der Waals surface area contributed by atoms with Crippen molar-refractivity contribution in [1.29, 1.82) is 0 Å². The summed E-state index contributed by atoms with van der Waals surface area (Å²) < 4.78 is 25.2. The maximum Gasteiger partial charge on any atom is 0.141 e. The third kappa shape index (κ3) is 2.72. The molecule has 2 aromatic heterocycles. The van der Waals surface area contributed by atoms with E-state index in [-0.39, 0.29) is 5.69 Å². The number of aryl methyl sites for hydroxylation is 3. The summed E-state index contributed by atoms with van der Waals surface area (Å²) in [7, 11) is 0. The van der Waals surface area contributed by atoms with E-state index in [1.54, 1.807) is 10.8 Å². The van der Waals surface area contributed by atoms with Gasteiger partial charge in [-0.25, -0.2) is 4.98 Å². The second kappa shape index (κ2) is 5.52. The average molecular weight is 280 g/mol. The SMILES string of the molecule is [2H]C([2H])([2H])c1cnc(-c2ccc(C)nc2)n1Cc1ccccc1C. The minimum Gasteiger partial charge on any atom is -0.324 e. The van der Waals surface area contributed by atoms with Crippen LogP contribution in [0.25, 0.3) is 11.4 Å². The molecule has 0 aliphatic rings. The van der Waals surface area contributed by atoms with Crippen LogP contribution in [0.3, 0.4) is 0 Å². The highest BCUT2D eigenvalue weighted by Gasteiger charge is 2.11. The van der Waals surface area contributed by atoms with Gasteiger partial charge in [0.1, 0.15) is 5.82 Å². The molecular formula is C18H19N3. The van der Waals surface area contributed by atoms with Crippen molar-refractivity contribution in [3.63, 3.8) is 0 Å². The molecule has 3 aromatic rings. The molecule has 3 heteroatoms. The van der Waals surface area contributed by atoms with Gasteiger partial charge in [0.15, 0.2) is 0 Å². The molecule has 0 spiro atoms. The molecule has 0 N–H and O–H groups in total. The van der Waals surface area contributed by atoms with E-state index in [4.69, 9.17) is 4.11 Å². The van der Waals surface area contributed by atoms with Crippen molar-refractivity contribution in [1.82, 2.24) is 14.5 Å². The first-order valence-electron chi connectivity index (χ1n) is 8.40. The van der Waals surface area contributed by atoms with Crippen LogP contribution in [0.15, 0.2) is 48.8 Å². The first kappa shape index (κ1) is 10.3. The molecule has 0 fully saturated rings. The van der Waals surface area contributed by atoms with Gasteiger partial charge >= 0.3 is 0 Å². The van der Waals surface area contributed by atoms with Crippen LogP contribution in [-0.2, 0) is 6.54 Å². The van der Waals surface area contributed by atoms with Crippen LogP contribution in [0.5, 0.6) is 0 Å². The van der Waals surface area contributed by atoms with Crippen molar-refractivity contribution in [2.75, 3.05) is 0 Å². The first-order chi connectivity index (χ1) is 11.4. The van der Waals surface area contributed by atoms with Crippen LogP contribution in [0, 0.1) is 20.7 Å². The molecule has 21 heavy (non-hydrogen) atoms. The van der Waals surface area contributed by atoms with Gasteiger partial charge in [-0.05, 0) is 44.0 Å². The van der Waals surface area contributed by atoms with Gasteiger partial charge < -0.3 is 4.57 Å². The van der Waals surface area contributed by atoms with Gasteiger partial charge in [0.25, 0.3) is 0 Å². The summed E-state index contributed by atoms with van der Waals surface area (Å²) in [4.78, 5) is 8.67. The third-order valence-corrected chi connectivity index (χ3v) is 3.61. The Morgan fingerprint density at radius 3 is 2.62 bits per heavy atom. The first-order valence-corrected chi connectivity index (χ1v) is 6.90. The standard InChI is InChI=1S/C18H19N3/c1-13-6-4-5-7-17(13)12-21-15(3)10-20-18(21)16-9-8-14(2)19-11-16/h4-11H,12H2,1-3H3/i3D3. The highest BCUT2D eigenvalue weighted by atomic mass is 15.1. The van der Waals surface area contributed by atoms with Crippen LogP contribution in [0.1, 0.15) is 26.6 Å². The number of aromatic nitrogens is 3. The molecule has 0 saturated heterocycles. The van der Waals surface area contributed by atoms with Crippen LogP contribution in [0.2, 0.25) is 0 Å². The van der Waals surface area contributed by atoms with E-state index in [9.17, 15) is 0 Å². The molecular weight excluding hydrogens is 258 g/mol. The van der Waals surface area contributed by atoms with Crippen LogP contribution < -0.4 is 0 Å². The van der Waals surface area contributed by atoms with Gasteiger partial charge in [-0.3, -0.25) is 4.98 Å². The second-order valence-electron chi connectivity index (χ2n) is 5.17. The van der Waals surface area contributed by atoms with Crippen molar-refractivity contribution in [2.24, 2.45) is 0 Å². The summed E-state index contributed by atoms with van der Waals surface area (Å²) in [6.45, 7) is 2.18. The zero-order valence-corrected chi connectivity index (χ0v) is 12.2.